The van der Waals surface area contributed by atoms with Gasteiger partial charge in [0.2, 0.25) is 5.91 Å². The lowest BCUT2D eigenvalue weighted by molar-refractivity contribution is -0.141. The fourth-order valence-electron chi connectivity index (χ4n) is 1.74. The number of aliphatic hydroxyl groups excluding tert-OH is 3. The Bertz CT molecular complexity index is 279. The van der Waals surface area contributed by atoms with E-state index in [9.17, 15) is 9.59 Å². The lowest BCUT2D eigenvalue weighted by atomic mass is 10.0. The maximum atomic E-state index is 11.5. The van der Waals surface area contributed by atoms with Crippen LogP contribution in [0.5, 0.6) is 0 Å². The summed E-state index contributed by atoms with van der Waals surface area (Å²) in [5.41, 5.74) is -1.47. The van der Waals surface area contributed by atoms with Crippen LogP contribution in [0.25, 0.3) is 0 Å². The van der Waals surface area contributed by atoms with Gasteiger partial charge in [0, 0.05) is 13.0 Å². The van der Waals surface area contributed by atoms with Gasteiger partial charge in [0.05, 0.1) is 25.7 Å². The maximum Gasteiger partial charge on any atom is 0.308 e. The average Bonchev–Trinajstić information content (AvgIpc) is 2.65. The van der Waals surface area contributed by atoms with Gasteiger partial charge in [0.1, 0.15) is 5.54 Å². The molecule has 1 saturated heterocycles. The van der Waals surface area contributed by atoms with Crippen LogP contribution < -0.4 is 0 Å². The highest BCUT2D eigenvalue weighted by molar-refractivity contribution is 5.86. The van der Waals surface area contributed by atoms with E-state index in [1.165, 1.54) is 0 Å². The van der Waals surface area contributed by atoms with E-state index in [1.54, 1.807) is 0 Å². The van der Waals surface area contributed by atoms with Crippen LogP contribution in [0.1, 0.15) is 6.42 Å². The summed E-state index contributed by atoms with van der Waals surface area (Å²) < 4.78 is 0. The van der Waals surface area contributed by atoms with Gasteiger partial charge in [-0.1, -0.05) is 0 Å². The van der Waals surface area contributed by atoms with E-state index in [0.717, 1.165) is 4.90 Å². The molecule has 0 aromatic carbocycles. The summed E-state index contributed by atoms with van der Waals surface area (Å²) in [6, 6.07) is 0. The highest BCUT2D eigenvalue weighted by Crippen LogP contribution is 2.26. The molecular formula is C9H15NO6. The number of likely N-dealkylation sites (tertiary alicyclic amines) is 1. The lowest BCUT2D eigenvalue weighted by Crippen LogP contribution is -2.58. The summed E-state index contributed by atoms with van der Waals surface area (Å²) in [7, 11) is 0. The molecule has 0 saturated carbocycles. The molecule has 0 bridgehead atoms. The molecule has 0 aromatic rings. The normalized spacial score (nSPS) is 21.6. The zero-order chi connectivity index (χ0) is 12.3. The second-order valence-electron chi connectivity index (χ2n) is 3.94. The summed E-state index contributed by atoms with van der Waals surface area (Å²) >= 11 is 0. The summed E-state index contributed by atoms with van der Waals surface area (Å²) in [5, 5.41) is 36.1. The number of hydrogen-bond acceptors (Lipinski definition) is 5. The predicted molar refractivity (Wildman–Crippen MR) is 51.4 cm³/mol. The highest BCUT2D eigenvalue weighted by atomic mass is 16.4. The molecule has 1 aliphatic heterocycles. The van der Waals surface area contributed by atoms with Gasteiger partial charge in [-0.2, -0.15) is 0 Å². The lowest BCUT2D eigenvalue weighted by Gasteiger charge is -2.37. The minimum atomic E-state index is -1.47. The van der Waals surface area contributed by atoms with E-state index in [1.807, 2.05) is 0 Å². The van der Waals surface area contributed by atoms with Gasteiger partial charge in [-0.3, -0.25) is 9.59 Å². The highest BCUT2D eigenvalue weighted by Gasteiger charge is 2.45. The molecule has 16 heavy (non-hydrogen) atoms. The van der Waals surface area contributed by atoms with Gasteiger partial charge in [-0.05, 0) is 0 Å². The Kier molecular flexibility index (Phi) is 3.84. The number of carbonyl (C=O) groups is 2. The molecular weight excluding hydrogens is 218 g/mol. The van der Waals surface area contributed by atoms with Crippen molar-refractivity contribution >= 4 is 11.9 Å². The third-order valence-electron chi connectivity index (χ3n) is 2.93. The van der Waals surface area contributed by atoms with Crippen LogP contribution in [0.2, 0.25) is 0 Å². The molecule has 7 heteroatoms. The van der Waals surface area contributed by atoms with Crippen LogP contribution in [0.3, 0.4) is 0 Å². The Morgan fingerprint density at radius 2 is 1.81 bits per heavy atom. The van der Waals surface area contributed by atoms with Gasteiger partial charge >= 0.3 is 5.97 Å². The molecule has 1 aliphatic rings. The number of hydrogen-bond donors (Lipinski definition) is 4. The van der Waals surface area contributed by atoms with Crippen molar-refractivity contribution in [2.75, 3.05) is 26.4 Å². The molecule has 1 fully saturated rings. The van der Waals surface area contributed by atoms with E-state index in [0.29, 0.717) is 0 Å². The molecule has 1 rings (SSSR count). The number of carbonyl (C=O) groups excluding carboxylic acids is 1. The van der Waals surface area contributed by atoms with Gasteiger partial charge in [-0.25, -0.2) is 0 Å². The van der Waals surface area contributed by atoms with Crippen LogP contribution in [0.15, 0.2) is 0 Å². The minimum Gasteiger partial charge on any atom is -0.481 e. The Hall–Kier alpha value is -1.18. The smallest absolute Gasteiger partial charge is 0.308 e. The molecule has 1 amide bonds. The molecule has 1 unspecified atom stereocenters. The van der Waals surface area contributed by atoms with Crippen molar-refractivity contribution in [1.82, 2.24) is 4.90 Å². The third kappa shape index (κ3) is 2.01. The van der Waals surface area contributed by atoms with E-state index < -0.39 is 43.2 Å². The van der Waals surface area contributed by atoms with Crippen LogP contribution >= 0.6 is 0 Å². The van der Waals surface area contributed by atoms with Crippen molar-refractivity contribution < 1.29 is 30.0 Å². The fraction of sp³-hybridized carbons (Fsp3) is 0.778. The van der Waals surface area contributed by atoms with Gasteiger partial charge in [0.25, 0.3) is 0 Å². The van der Waals surface area contributed by atoms with Gasteiger partial charge in [0.15, 0.2) is 0 Å². The maximum absolute atomic E-state index is 11.5. The van der Waals surface area contributed by atoms with Crippen LogP contribution in [0.4, 0.5) is 0 Å². The van der Waals surface area contributed by atoms with Crippen LogP contribution in [-0.4, -0.2) is 69.1 Å². The second-order valence-corrected chi connectivity index (χ2v) is 3.94. The van der Waals surface area contributed by atoms with Gasteiger partial charge in [-0.15, -0.1) is 0 Å². The quantitative estimate of drug-likeness (QED) is 0.421. The van der Waals surface area contributed by atoms with Crippen molar-refractivity contribution in [3.8, 4) is 0 Å². The topological polar surface area (TPSA) is 118 Å². The Morgan fingerprint density at radius 1 is 1.31 bits per heavy atom. The molecule has 7 nitrogen and oxygen atoms in total. The number of carboxylic acids is 1. The second kappa shape index (κ2) is 4.77. The van der Waals surface area contributed by atoms with Crippen LogP contribution in [-0.2, 0) is 9.59 Å². The van der Waals surface area contributed by atoms with Crippen molar-refractivity contribution in [1.29, 1.82) is 0 Å². The first-order chi connectivity index (χ1) is 7.50. The first kappa shape index (κ1) is 12.9. The Balaban J connectivity index is 2.88. The van der Waals surface area contributed by atoms with Crippen molar-refractivity contribution in [2.24, 2.45) is 5.92 Å². The van der Waals surface area contributed by atoms with Gasteiger partial charge < -0.3 is 25.3 Å². The first-order valence-corrected chi connectivity index (χ1v) is 4.86. The van der Waals surface area contributed by atoms with Crippen LogP contribution in [0, 0.1) is 5.92 Å². The molecule has 0 aliphatic carbocycles. The molecule has 0 spiro atoms. The molecule has 1 atom stereocenters. The molecule has 1 heterocycles. The number of amides is 1. The summed E-state index contributed by atoms with van der Waals surface area (Å²) in [6.07, 6.45) is -0.170. The van der Waals surface area contributed by atoms with E-state index in [4.69, 9.17) is 20.4 Å². The molecule has 92 valence electrons. The number of nitrogens with zero attached hydrogens (tertiary/aromatic N) is 1. The van der Waals surface area contributed by atoms with E-state index in [2.05, 4.69) is 0 Å². The third-order valence-corrected chi connectivity index (χ3v) is 2.93. The molecule has 0 aromatic heterocycles. The molecule has 0 radical (unpaired) electrons. The SMILES string of the molecule is O=C(O)C1CC(=O)N(C(CO)(CO)CO)C1. The number of rotatable bonds is 5. The zero-order valence-corrected chi connectivity index (χ0v) is 8.67. The predicted octanol–water partition coefficient (Wildman–Crippen LogP) is -2.36. The molecule has 4 N–H and O–H groups in total. The van der Waals surface area contributed by atoms with Crippen molar-refractivity contribution in [3.63, 3.8) is 0 Å². The Labute approximate surface area is 91.9 Å². The van der Waals surface area contributed by atoms with Crippen molar-refractivity contribution in [2.45, 2.75) is 12.0 Å². The standard InChI is InChI=1S/C9H15NO6/c11-3-9(4-12,5-13)10-2-6(8(15)16)1-7(10)14/h6,11-13H,1-5H2,(H,15,16). The summed E-state index contributed by atoms with van der Waals surface area (Å²) in [6.45, 7) is -1.94. The van der Waals surface area contributed by atoms with Crippen molar-refractivity contribution in [3.05, 3.63) is 0 Å². The fourth-order valence-corrected chi connectivity index (χ4v) is 1.74. The summed E-state index contributed by atoms with van der Waals surface area (Å²) in [4.78, 5) is 23.3. The van der Waals surface area contributed by atoms with E-state index >= 15 is 0 Å². The largest absolute Gasteiger partial charge is 0.481 e. The zero-order valence-electron chi connectivity index (χ0n) is 8.67. The first-order valence-electron chi connectivity index (χ1n) is 4.86. The number of carboxylic acid groups (broad SMARTS) is 1. The summed E-state index contributed by atoms with van der Waals surface area (Å²) in [5.74, 6) is -2.43. The number of aliphatic hydroxyl groups is 3. The Morgan fingerprint density at radius 3 is 2.12 bits per heavy atom. The average molecular weight is 233 g/mol. The minimum absolute atomic E-state index is 0.101. The van der Waals surface area contributed by atoms with E-state index in [-0.39, 0.29) is 13.0 Å². The number of aliphatic carboxylic acids is 1. The monoisotopic (exact) mass is 233 g/mol.